The molecule has 33 heavy (non-hydrogen) atoms. The molecule has 0 radical (unpaired) electrons. The highest BCUT2D eigenvalue weighted by atomic mass is 19.1. The van der Waals surface area contributed by atoms with Gasteiger partial charge in [-0.25, -0.2) is 14.4 Å². The van der Waals surface area contributed by atoms with Crippen LogP contribution in [0.25, 0.3) is 0 Å². The van der Waals surface area contributed by atoms with Crippen LogP contribution in [0.3, 0.4) is 0 Å². The Balaban J connectivity index is 1.32. The van der Waals surface area contributed by atoms with Gasteiger partial charge in [0.1, 0.15) is 11.3 Å². The minimum atomic E-state index is -0.456. The average Bonchev–Trinajstić information content (AvgIpc) is 2.82. The smallest absolute Gasteiger partial charge is 0.257 e. The van der Waals surface area contributed by atoms with E-state index in [0.29, 0.717) is 17.3 Å². The van der Waals surface area contributed by atoms with Gasteiger partial charge in [0, 0.05) is 32.4 Å². The van der Waals surface area contributed by atoms with E-state index < -0.39 is 5.82 Å². The summed E-state index contributed by atoms with van der Waals surface area (Å²) in [6.45, 7) is 0. The first-order valence-corrected chi connectivity index (χ1v) is 10.9. The molecule has 1 aliphatic carbocycles. The molecule has 0 atom stereocenters. The van der Waals surface area contributed by atoms with Gasteiger partial charge in [0.2, 0.25) is 11.8 Å². The van der Waals surface area contributed by atoms with Crippen molar-refractivity contribution in [1.82, 2.24) is 20.3 Å². The molecule has 9 heteroatoms. The average molecular weight is 451 g/mol. The lowest BCUT2D eigenvalue weighted by molar-refractivity contribution is 0.0923. The maximum Gasteiger partial charge on any atom is 0.257 e. The van der Waals surface area contributed by atoms with E-state index in [1.165, 1.54) is 6.20 Å². The number of hydrogen-bond acceptors (Lipinski definition) is 7. The number of amides is 1. The highest BCUT2D eigenvalue weighted by Crippen LogP contribution is 2.25. The zero-order valence-electron chi connectivity index (χ0n) is 18.7. The molecule has 1 aromatic carbocycles. The molecule has 0 spiro atoms. The fourth-order valence-corrected chi connectivity index (χ4v) is 3.81. The number of carbonyl (C=O) groups excluding carboxylic acids is 1. The van der Waals surface area contributed by atoms with Gasteiger partial charge >= 0.3 is 0 Å². The summed E-state index contributed by atoms with van der Waals surface area (Å²) >= 11 is 0. The highest BCUT2D eigenvalue weighted by molar-refractivity contribution is 5.96. The lowest BCUT2D eigenvalue weighted by Crippen LogP contribution is -2.40. The monoisotopic (exact) mass is 450 g/mol. The van der Waals surface area contributed by atoms with E-state index in [4.69, 9.17) is 4.74 Å². The summed E-state index contributed by atoms with van der Waals surface area (Å²) in [5, 5.41) is 6.39. The molecule has 1 amide bonds. The van der Waals surface area contributed by atoms with Crippen molar-refractivity contribution < 1.29 is 13.9 Å². The van der Waals surface area contributed by atoms with Gasteiger partial charge in [-0.2, -0.15) is 4.98 Å². The minimum absolute atomic E-state index is 0.0480. The number of nitrogens with zero attached hydrogens (tertiary/aromatic N) is 4. The van der Waals surface area contributed by atoms with Crippen LogP contribution < -0.4 is 20.3 Å². The summed E-state index contributed by atoms with van der Waals surface area (Å²) in [7, 11) is 3.48. The van der Waals surface area contributed by atoms with E-state index in [1.54, 1.807) is 37.3 Å². The lowest BCUT2D eigenvalue weighted by atomic mass is 9.91. The van der Waals surface area contributed by atoms with Crippen LogP contribution >= 0.6 is 0 Å². The first-order valence-electron chi connectivity index (χ1n) is 10.9. The molecular weight excluding hydrogens is 423 g/mol. The Morgan fingerprint density at radius 1 is 1.03 bits per heavy atom. The van der Waals surface area contributed by atoms with E-state index in [-0.39, 0.29) is 29.7 Å². The van der Waals surface area contributed by atoms with Crippen molar-refractivity contribution in [3.05, 3.63) is 66.2 Å². The predicted octanol–water partition coefficient (Wildman–Crippen LogP) is 4.02. The second kappa shape index (κ2) is 10.2. The van der Waals surface area contributed by atoms with Crippen LogP contribution in [0, 0.1) is 5.82 Å². The number of benzene rings is 1. The Kier molecular flexibility index (Phi) is 6.97. The predicted molar refractivity (Wildman–Crippen MR) is 124 cm³/mol. The van der Waals surface area contributed by atoms with Gasteiger partial charge in [-0.05, 0) is 49.9 Å². The molecular formula is C24H27FN6O2. The van der Waals surface area contributed by atoms with Gasteiger partial charge in [0.25, 0.3) is 5.91 Å². The molecule has 2 heterocycles. The number of halogens is 1. The van der Waals surface area contributed by atoms with Crippen molar-refractivity contribution in [1.29, 1.82) is 0 Å². The first kappa shape index (κ1) is 22.4. The Morgan fingerprint density at radius 2 is 1.76 bits per heavy atom. The summed E-state index contributed by atoms with van der Waals surface area (Å²) in [6, 6.07) is 12.9. The molecule has 2 aromatic heterocycles. The van der Waals surface area contributed by atoms with Crippen molar-refractivity contribution in [2.45, 2.75) is 37.8 Å². The second-order valence-electron chi connectivity index (χ2n) is 8.20. The number of carbonyl (C=O) groups is 1. The van der Waals surface area contributed by atoms with Crippen molar-refractivity contribution in [2.75, 3.05) is 24.3 Å². The molecule has 2 N–H and O–H groups in total. The fraction of sp³-hybridized carbons (Fsp3) is 0.333. The van der Waals surface area contributed by atoms with E-state index in [2.05, 4.69) is 25.6 Å². The molecule has 8 nitrogen and oxygen atoms in total. The number of pyridine rings is 1. The van der Waals surface area contributed by atoms with Gasteiger partial charge in [0.05, 0.1) is 6.20 Å². The van der Waals surface area contributed by atoms with E-state index in [0.717, 1.165) is 25.7 Å². The largest absolute Gasteiger partial charge is 0.438 e. The third-order valence-corrected chi connectivity index (χ3v) is 5.52. The third kappa shape index (κ3) is 5.74. The molecule has 0 bridgehead atoms. The molecule has 0 saturated heterocycles. The normalized spacial score (nSPS) is 17.8. The van der Waals surface area contributed by atoms with Gasteiger partial charge in [-0.3, -0.25) is 4.79 Å². The Bertz CT molecular complexity index is 1090. The van der Waals surface area contributed by atoms with Crippen LogP contribution in [0.4, 0.5) is 16.2 Å². The minimum Gasteiger partial charge on any atom is -0.438 e. The number of aromatic nitrogens is 3. The second-order valence-corrected chi connectivity index (χ2v) is 8.20. The first-order chi connectivity index (χ1) is 16.0. The van der Waals surface area contributed by atoms with Crippen LogP contribution in [0.1, 0.15) is 36.0 Å². The molecule has 1 saturated carbocycles. The fourth-order valence-electron chi connectivity index (χ4n) is 3.81. The number of nitrogens with one attached hydrogen (secondary N) is 2. The number of anilines is 2. The molecule has 0 unspecified atom stereocenters. The molecule has 172 valence electrons. The van der Waals surface area contributed by atoms with E-state index in [1.807, 2.05) is 30.3 Å². The topological polar surface area (TPSA) is 92.3 Å². The van der Waals surface area contributed by atoms with Crippen LogP contribution in [-0.2, 0) is 0 Å². The molecule has 1 aliphatic rings. The number of ether oxygens (including phenoxy) is 1. The maximum absolute atomic E-state index is 13.8. The SMILES string of the molecule is CN(C)c1nc(NC2CCC(NC(=O)c3cccnc3Oc3ccccc3)CC2)ncc1F. The zero-order valence-corrected chi connectivity index (χ0v) is 18.7. The van der Waals surface area contributed by atoms with E-state index >= 15 is 0 Å². The molecule has 1 fully saturated rings. The summed E-state index contributed by atoms with van der Waals surface area (Å²) in [5.74, 6) is 0.897. The molecule has 4 rings (SSSR count). The van der Waals surface area contributed by atoms with Crippen molar-refractivity contribution in [2.24, 2.45) is 0 Å². The van der Waals surface area contributed by atoms with Gasteiger partial charge in [0.15, 0.2) is 11.6 Å². The quantitative estimate of drug-likeness (QED) is 0.562. The highest BCUT2D eigenvalue weighted by Gasteiger charge is 2.25. The van der Waals surface area contributed by atoms with Crippen molar-refractivity contribution in [3.63, 3.8) is 0 Å². The van der Waals surface area contributed by atoms with Gasteiger partial charge in [-0.15, -0.1) is 0 Å². The van der Waals surface area contributed by atoms with Gasteiger partial charge in [-0.1, -0.05) is 18.2 Å². The van der Waals surface area contributed by atoms with E-state index in [9.17, 15) is 9.18 Å². The Hall–Kier alpha value is -3.75. The number of para-hydroxylation sites is 1. The van der Waals surface area contributed by atoms with Crippen LogP contribution in [0.2, 0.25) is 0 Å². The lowest BCUT2D eigenvalue weighted by Gasteiger charge is -2.30. The zero-order chi connectivity index (χ0) is 23.2. The summed E-state index contributed by atoms with van der Waals surface area (Å²) in [4.78, 5) is 27.1. The van der Waals surface area contributed by atoms with Crippen LogP contribution in [-0.4, -0.2) is 47.0 Å². The van der Waals surface area contributed by atoms with Gasteiger partial charge < -0.3 is 20.3 Å². The van der Waals surface area contributed by atoms with Crippen molar-refractivity contribution in [3.8, 4) is 11.6 Å². The summed E-state index contributed by atoms with van der Waals surface area (Å²) in [6.07, 6.45) is 6.07. The van der Waals surface area contributed by atoms with Crippen LogP contribution in [0.5, 0.6) is 11.6 Å². The Morgan fingerprint density at radius 3 is 2.48 bits per heavy atom. The summed E-state index contributed by atoms with van der Waals surface area (Å²) < 4.78 is 19.6. The standard InChI is InChI=1S/C24H27FN6O2/c1-31(2)21-20(25)15-27-24(30-21)29-17-12-10-16(11-13-17)28-22(32)19-9-6-14-26-23(19)33-18-7-4-3-5-8-18/h3-9,14-17H,10-13H2,1-2H3,(H,28,32)(H,27,29,30). The molecule has 0 aliphatic heterocycles. The van der Waals surface area contributed by atoms with Crippen LogP contribution in [0.15, 0.2) is 54.9 Å². The third-order valence-electron chi connectivity index (χ3n) is 5.52. The number of rotatable bonds is 7. The Labute approximate surface area is 192 Å². The van der Waals surface area contributed by atoms with Crippen molar-refractivity contribution >= 4 is 17.7 Å². The molecule has 3 aromatic rings. The number of hydrogen-bond donors (Lipinski definition) is 2. The summed E-state index contributed by atoms with van der Waals surface area (Å²) in [5.41, 5.74) is 0.400. The maximum atomic E-state index is 13.8.